The van der Waals surface area contributed by atoms with Gasteiger partial charge in [0.1, 0.15) is 0 Å². The smallest absolute Gasteiger partial charge is 0.0705 e. The Balaban J connectivity index is 2.40. The van der Waals surface area contributed by atoms with Gasteiger partial charge in [-0.15, -0.1) is 0 Å². The van der Waals surface area contributed by atoms with Crippen molar-refractivity contribution in [2.24, 2.45) is 5.73 Å². The van der Waals surface area contributed by atoms with Gasteiger partial charge in [0.25, 0.3) is 0 Å². The Morgan fingerprint density at radius 2 is 2.12 bits per heavy atom. The summed E-state index contributed by atoms with van der Waals surface area (Å²) in [5.74, 6) is 0. The average Bonchev–Trinajstić information content (AvgIpc) is 2.28. The minimum absolute atomic E-state index is 0.0734. The standard InChI is InChI=1S/C13H16N2O/c1-9-3-4-11-7-10(12(14)8-16-2)5-6-13(11)15-9/h3-7,12H,8,14H2,1-2H3. The highest BCUT2D eigenvalue weighted by molar-refractivity contribution is 5.79. The van der Waals surface area contributed by atoms with Crippen molar-refractivity contribution >= 4 is 10.9 Å². The Hall–Kier alpha value is -1.45. The van der Waals surface area contributed by atoms with Gasteiger partial charge in [-0.3, -0.25) is 4.98 Å². The molecule has 2 N–H and O–H groups in total. The quantitative estimate of drug-likeness (QED) is 0.855. The predicted octanol–water partition coefficient (Wildman–Crippen LogP) is 2.19. The van der Waals surface area contributed by atoms with Crippen LogP contribution < -0.4 is 5.73 Å². The molecule has 0 saturated carbocycles. The van der Waals surface area contributed by atoms with Crippen molar-refractivity contribution in [2.75, 3.05) is 13.7 Å². The predicted molar refractivity (Wildman–Crippen MR) is 65.3 cm³/mol. The number of ether oxygens (including phenoxy) is 1. The highest BCUT2D eigenvalue weighted by atomic mass is 16.5. The molecule has 3 heteroatoms. The molecule has 0 amide bonds. The summed E-state index contributed by atoms with van der Waals surface area (Å²) in [6.07, 6.45) is 0. The fourth-order valence-corrected chi connectivity index (χ4v) is 1.75. The molecule has 0 saturated heterocycles. The van der Waals surface area contributed by atoms with E-state index < -0.39 is 0 Å². The van der Waals surface area contributed by atoms with Crippen molar-refractivity contribution in [2.45, 2.75) is 13.0 Å². The van der Waals surface area contributed by atoms with Gasteiger partial charge in [0.05, 0.1) is 18.2 Å². The maximum absolute atomic E-state index is 5.98. The lowest BCUT2D eigenvalue weighted by Crippen LogP contribution is -2.15. The molecule has 3 nitrogen and oxygen atoms in total. The fraction of sp³-hybridized carbons (Fsp3) is 0.308. The number of pyridine rings is 1. The zero-order chi connectivity index (χ0) is 11.5. The summed E-state index contributed by atoms with van der Waals surface area (Å²) >= 11 is 0. The molecule has 1 unspecified atom stereocenters. The number of aromatic nitrogens is 1. The molecule has 0 radical (unpaired) electrons. The average molecular weight is 216 g/mol. The van der Waals surface area contributed by atoms with Gasteiger partial charge in [-0.1, -0.05) is 12.1 Å². The van der Waals surface area contributed by atoms with Crippen LogP contribution in [0.4, 0.5) is 0 Å². The SMILES string of the molecule is COCC(N)c1ccc2nc(C)ccc2c1. The lowest BCUT2D eigenvalue weighted by Gasteiger charge is -2.11. The summed E-state index contributed by atoms with van der Waals surface area (Å²) in [7, 11) is 1.66. The van der Waals surface area contributed by atoms with Gasteiger partial charge in [0.2, 0.25) is 0 Å². The number of fused-ring (bicyclic) bond motifs is 1. The lowest BCUT2D eigenvalue weighted by molar-refractivity contribution is 0.181. The van der Waals surface area contributed by atoms with Crippen LogP contribution >= 0.6 is 0 Å². The van der Waals surface area contributed by atoms with E-state index in [0.717, 1.165) is 22.2 Å². The molecule has 84 valence electrons. The number of nitrogens with two attached hydrogens (primary N) is 1. The summed E-state index contributed by atoms with van der Waals surface area (Å²) in [5, 5.41) is 1.12. The second-order valence-electron chi connectivity index (χ2n) is 3.97. The highest BCUT2D eigenvalue weighted by Crippen LogP contribution is 2.18. The van der Waals surface area contributed by atoms with Crippen molar-refractivity contribution in [3.63, 3.8) is 0 Å². The number of hydrogen-bond donors (Lipinski definition) is 1. The van der Waals surface area contributed by atoms with Crippen molar-refractivity contribution in [3.05, 3.63) is 41.6 Å². The van der Waals surface area contributed by atoms with Crippen LogP contribution in [0.25, 0.3) is 10.9 Å². The fourth-order valence-electron chi connectivity index (χ4n) is 1.75. The first-order chi connectivity index (χ1) is 7.70. The molecule has 0 aliphatic carbocycles. The topological polar surface area (TPSA) is 48.1 Å². The normalized spacial score (nSPS) is 12.9. The van der Waals surface area contributed by atoms with E-state index in [0.29, 0.717) is 6.61 Å². The third-order valence-corrected chi connectivity index (χ3v) is 2.63. The number of aryl methyl sites for hydroxylation is 1. The van der Waals surface area contributed by atoms with Crippen LogP contribution in [0.3, 0.4) is 0 Å². The Bertz CT molecular complexity index is 496. The first kappa shape index (κ1) is 11.0. The Morgan fingerprint density at radius 1 is 1.31 bits per heavy atom. The van der Waals surface area contributed by atoms with E-state index in [9.17, 15) is 0 Å². The molecule has 1 atom stereocenters. The van der Waals surface area contributed by atoms with Gasteiger partial charge >= 0.3 is 0 Å². The van der Waals surface area contributed by atoms with Crippen LogP contribution in [0, 0.1) is 6.92 Å². The van der Waals surface area contributed by atoms with Gasteiger partial charge in [-0.25, -0.2) is 0 Å². The van der Waals surface area contributed by atoms with Crippen molar-refractivity contribution in [1.29, 1.82) is 0 Å². The molecule has 0 spiro atoms. The first-order valence-corrected chi connectivity index (χ1v) is 5.32. The lowest BCUT2D eigenvalue weighted by atomic mass is 10.1. The third kappa shape index (κ3) is 2.21. The van der Waals surface area contributed by atoms with E-state index in [1.165, 1.54) is 0 Å². The summed E-state index contributed by atoms with van der Waals surface area (Å²) in [6.45, 7) is 2.52. The van der Waals surface area contributed by atoms with Gasteiger partial charge in [0.15, 0.2) is 0 Å². The molecule has 1 aromatic heterocycles. The number of hydrogen-bond acceptors (Lipinski definition) is 3. The molecule has 1 heterocycles. The van der Waals surface area contributed by atoms with E-state index in [-0.39, 0.29) is 6.04 Å². The monoisotopic (exact) mass is 216 g/mol. The summed E-state index contributed by atoms with van der Waals surface area (Å²) in [4.78, 5) is 4.45. The number of benzene rings is 1. The number of nitrogens with zero attached hydrogens (tertiary/aromatic N) is 1. The van der Waals surface area contributed by atoms with Gasteiger partial charge in [-0.2, -0.15) is 0 Å². The third-order valence-electron chi connectivity index (χ3n) is 2.63. The van der Waals surface area contributed by atoms with Crippen molar-refractivity contribution < 1.29 is 4.74 Å². The van der Waals surface area contributed by atoms with Crippen molar-refractivity contribution in [1.82, 2.24) is 4.98 Å². The molecule has 0 aliphatic rings. The first-order valence-electron chi connectivity index (χ1n) is 5.32. The Kier molecular flexibility index (Phi) is 3.17. The molecule has 0 bridgehead atoms. The second-order valence-corrected chi connectivity index (χ2v) is 3.97. The molecular weight excluding hydrogens is 200 g/mol. The Morgan fingerprint density at radius 3 is 2.88 bits per heavy atom. The molecule has 0 aliphatic heterocycles. The van der Waals surface area contributed by atoms with Gasteiger partial charge in [0, 0.05) is 18.2 Å². The van der Waals surface area contributed by atoms with Gasteiger partial charge in [-0.05, 0) is 30.7 Å². The molecule has 2 aromatic rings. The van der Waals surface area contributed by atoms with Crippen LogP contribution in [0.1, 0.15) is 17.3 Å². The van der Waals surface area contributed by atoms with E-state index in [2.05, 4.69) is 17.1 Å². The number of methoxy groups -OCH3 is 1. The summed E-state index contributed by atoms with van der Waals surface area (Å²) in [6, 6.07) is 10.1. The van der Waals surface area contributed by atoms with Crippen LogP contribution in [0.5, 0.6) is 0 Å². The zero-order valence-corrected chi connectivity index (χ0v) is 9.60. The molecular formula is C13H16N2O. The van der Waals surface area contributed by atoms with E-state index in [1.54, 1.807) is 7.11 Å². The van der Waals surface area contributed by atoms with Crippen LogP contribution in [-0.2, 0) is 4.74 Å². The largest absolute Gasteiger partial charge is 0.383 e. The van der Waals surface area contributed by atoms with Crippen LogP contribution in [-0.4, -0.2) is 18.7 Å². The maximum Gasteiger partial charge on any atom is 0.0705 e. The number of rotatable bonds is 3. The van der Waals surface area contributed by atoms with E-state index >= 15 is 0 Å². The second kappa shape index (κ2) is 4.60. The van der Waals surface area contributed by atoms with E-state index in [1.807, 2.05) is 25.1 Å². The van der Waals surface area contributed by atoms with Crippen LogP contribution in [0.2, 0.25) is 0 Å². The maximum atomic E-state index is 5.98. The van der Waals surface area contributed by atoms with Crippen molar-refractivity contribution in [3.8, 4) is 0 Å². The van der Waals surface area contributed by atoms with Crippen LogP contribution in [0.15, 0.2) is 30.3 Å². The van der Waals surface area contributed by atoms with E-state index in [4.69, 9.17) is 10.5 Å². The highest BCUT2D eigenvalue weighted by Gasteiger charge is 2.06. The molecule has 0 fully saturated rings. The molecule has 1 aromatic carbocycles. The minimum atomic E-state index is -0.0734. The van der Waals surface area contributed by atoms with Gasteiger partial charge < -0.3 is 10.5 Å². The molecule has 2 rings (SSSR count). The zero-order valence-electron chi connectivity index (χ0n) is 9.60. The summed E-state index contributed by atoms with van der Waals surface area (Å²) in [5.41, 5.74) is 9.10. The Labute approximate surface area is 95.2 Å². The summed E-state index contributed by atoms with van der Waals surface area (Å²) < 4.78 is 5.05. The molecule has 16 heavy (non-hydrogen) atoms. The minimum Gasteiger partial charge on any atom is -0.383 e.